The fourth-order valence-corrected chi connectivity index (χ4v) is 5.50. The zero-order chi connectivity index (χ0) is 30.5. The molecule has 9 nitrogen and oxygen atoms in total. The molecule has 0 saturated carbocycles. The highest BCUT2D eigenvalue weighted by molar-refractivity contribution is 6.10. The number of oxazole rings is 1. The van der Waals surface area contributed by atoms with E-state index in [1.165, 1.54) is 36.3 Å². The van der Waals surface area contributed by atoms with Crippen molar-refractivity contribution in [3.63, 3.8) is 0 Å². The number of anilines is 1. The Kier molecular flexibility index (Phi) is 6.50. The molecule has 4 aromatic carbocycles. The highest BCUT2D eigenvalue weighted by Crippen LogP contribution is 2.42. The molecule has 2 amide bonds. The smallest absolute Gasteiger partial charge is 0.414 e. The minimum Gasteiger partial charge on any atom is -0.496 e. The molecule has 220 valence electrons. The normalized spacial score (nSPS) is 13.2. The molecule has 0 aliphatic carbocycles. The lowest BCUT2D eigenvalue weighted by Gasteiger charge is -2.18. The van der Waals surface area contributed by atoms with Gasteiger partial charge in [0, 0.05) is 23.4 Å². The van der Waals surface area contributed by atoms with Crippen molar-refractivity contribution in [1.29, 1.82) is 0 Å². The summed E-state index contributed by atoms with van der Waals surface area (Å²) in [7, 11) is 1.49. The van der Waals surface area contributed by atoms with Gasteiger partial charge < -0.3 is 24.0 Å². The van der Waals surface area contributed by atoms with Gasteiger partial charge in [-0.2, -0.15) is 0 Å². The van der Waals surface area contributed by atoms with Crippen molar-refractivity contribution in [2.75, 3.05) is 25.2 Å². The van der Waals surface area contributed by atoms with Crippen molar-refractivity contribution in [2.24, 2.45) is 5.73 Å². The summed E-state index contributed by atoms with van der Waals surface area (Å²) in [6.07, 6.45) is -0.355. The summed E-state index contributed by atoms with van der Waals surface area (Å²) >= 11 is 0. The number of benzene rings is 4. The molecule has 2 N–H and O–H groups in total. The number of para-hydroxylation sites is 1. The summed E-state index contributed by atoms with van der Waals surface area (Å²) in [5, 5.41) is 0.433. The number of ether oxygens (including phenoxy) is 2. The second-order valence-corrected chi connectivity index (χ2v) is 10.2. The number of rotatable bonds is 7. The van der Waals surface area contributed by atoms with Gasteiger partial charge in [0.25, 0.3) is 5.91 Å². The number of nitrogens with two attached hydrogens (primary N) is 1. The van der Waals surface area contributed by atoms with Crippen LogP contribution >= 0.6 is 0 Å². The minimum atomic E-state index is -0.705. The van der Waals surface area contributed by atoms with E-state index in [2.05, 4.69) is 4.98 Å². The maximum atomic E-state index is 14.4. The zero-order valence-corrected chi connectivity index (χ0v) is 23.2. The summed E-state index contributed by atoms with van der Waals surface area (Å²) in [6, 6.07) is 18.9. The summed E-state index contributed by atoms with van der Waals surface area (Å²) in [6.45, 7) is 0.482. The molecule has 0 bridgehead atoms. The number of cyclic esters (lactones) is 1. The molecule has 0 radical (unpaired) electrons. The standard InChI is InChI=1S/C33H23F2N3O6/c1-41-25-10-7-18(14-22(25)32-37-30-23(35)3-2-4-26(30)44-32)20-15-21-27(16-24(20)38-11-12-42-33(38)40)43-28(29(21)31(36)39)13-17-5-8-19(34)9-6-17/h2-10,14-16H,11-13H2,1H3,(H2,36,39). The largest absolute Gasteiger partial charge is 0.496 e. The number of carbonyl (C=O) groups excluding carboxylic acids is 2. The number of nitrogens with zero attached hydrogens (tertiary/aromatic N) is 2. The summed E-state index contributed by atoms with van der Waals surface area (Å²) < 4.78 is 50.8. The number of furan rings is 1. The van der Waals surface area contributed by atoms with E-state index in [1.54, 1.807) is 48.5 Å². The maximum absolute atomic E-state index is 14.4. The monoisotopic (exact) mass is 595 g/mol. The van der Waals surface area contributed by atoms with Gasteiger partial charge in [0.2, 0.25) is 5.89 Å². The second kappa shape index (κ2) is 10.5. The number of hydrogen-bond acceptors (Lipinski definition) is 7. The highest BCUT2D eigenvalue weighted by atomic mass is 19.1. The van der Waals surface area contributed by atoms with Gasteiger partial charge in [0.1, 0.15) is 35.0 Å². The van der Waals surface area contributed by atoms with Crippen molar-refractivity contribution in [3.8, 4) is 28.3 Å². The van der Waals surface area contributed by atoms with E-state index in [9.17, 15) is 18.4 Å². The van der Waals surface area contributed by atoms with Crippen molar-refractivity contribution < 1.29 is 36.7 Å². The Morgan fingerprint density at radius 1 is 1.00 bits per heavy atom. The number of fused-ring (bicyclic) bond motifs is 2. The topological polar surface area (TPSA) is 121 Å². The molecule has 0 atom stereocenters. The molecule has 7 rings (SSSR count). The fourth-order valence-electron chi connectivity index (χ4n) is 5.50. The second-order valence-electron chi connectivity index (χ2n) is 10.2. The molecule has 1 fully saturated rings. The lowest BCUT2D eigenvalue weighted by molar-refractivity contribution is 0.1000. The third kappa shape index (κ3) is 4.58. The average molecular weight is 596 g/mol. The lowest BCUT2D eigenvalue weighted by atomic mass is 9.96. The van der Waals surface area contributed by atoms with Crippen LogP contribution in [0.15, 0.2) is 81.6 Å². The quantitative estimate of drug-likeness (QED) is 0.214. The molecule has 1 aliphatic rings. The van der Waals surface area contributed by atoms with Gasteiger partial charge in [0.05, 0.1) is 30.5 Å². The van der Waals surface area contributed by atoms with Crippen molar-refractivity contribution in [2.45, 2.75) is 6.42 Å². The van der Waals surface area contributed by atoms with E-state index in [0.29, 0.717) is 50.4 Å². The first-order valence-electron chi connectivity index (χ1n) is 13.6. The lowest BCUT2D eigenvalue weighted by Crippen LogP contribution is -2.24. The van der Waals surface area contributed by atoms with E-state index in [0.717, 1.165) is 0 Å². The maximum Gasteiger partial charge on any atom is 0.414 e. The van der Waals surface area contributed by atoms with Crippen molar-refractivity contribution in [3.05, 3.63) is 101 Å². The van der Waals surface area contributed by atoms with Crippen molar-refractivity contribution in [1.82, 2.24) is 4.98 Å². The summed E-state index contributed by atoms with van der Waals surface area (Å²) in [5.74, 6) is -0.758. The molecular weight excluding hydrogens is 572 g/mol. The third-order valence-corrected chi connectivity index (χ3v) is 7.57. The molecular formula is C33H23F2N3O6. The minimum absolute atomic E-state index is 0.0788. The van der Waals surface area contributed by atoms with Gasteiger partial charge >= 0.3 is 6.09 Å². The van der Waals surface area contributed by atoms with E-state index in [4.69, 9.17) is 24.0 Å². The van der Waals surface area contributed by atoms with Gasteiger partial charge in [-0.3, -0.25) is 9.69 Å². The number of methoxy groups -OCH3 is 1. The number of halogens is 2. The number of aromatic nitrogens is 1. The Hall–Kier alpha value is -5.71. The van der Waals surface area contributed by atoms with Crippen LogP contribution in [0.25, 0.3) is 44.7 Å². The first kappa shape index (κ1) is 27.1. The SMILES string of the molecule is COc1ccc(-c2cc3c(C(N)=O)c(Cc4ccc(F)cc4)oc3cc2N2CCOC2=O)cc1-c1nc2c(F)cccc2o1. The van der Waals surface area contributed by atoms with E-state index >= 15 is 0 Å². The molecule has 3 heterocycles. The third-order valence-electron chi connectivity index (χ3n) is 7.57. The molecule has 0 spiro atoms. The van der Waals surface area contributed by atoms with Crippen LogP contribution in [0.1, 0.15) is 21.7 Å². The Bertz CT molecular complexity index is 2100. The van der Waals surface area contributed by atoms with Crippen LogP contribution in [0.3, 0.4) is 0 Å². The van der Waals surface area contributed by atoms with E-state index in [1.807, 2.05) is 0 Å². The van der Waals surface area contributed by atoms with Gasteiger partial charge in [0.15, 0.2) is 11.4 Å². The molecule has 1 aliphatic heterocycles. The van der Waals surface area contributed by atoms with Crippen LogP contribution < -0.4 is 15.4 Å². The highest BCUT2D eigenvalue weighted by Gasteiger charge is 2.29. The first-order chi connectivity index (χ1) is 21.3. The molecule has 6 aromatic rings. The van der Waals surface area contributed by atoms with Crippen LogP contribution in [0.4, 0.5) is 19.3 Å². The Balaban J connectivity index is 1.43. The fraction of sp³-hybridized carbons (Fsp3) is 0.121. The number of hydrogen-bond donors (Lipinski definition) is 1. The molecule has 11 heteroatoms. The Morgan fingerprint density at radius 2 is 1.82 bits per heavy atom. The molecule has 44 heavy (non-hydrogen) atoms. The van der Waals surface area contributed by atoms with Gasteiger partial charge in [-0.05, 0) is 53.6 Å². The average Bonchev–Trinajstić information content (AvgIpc) is 3.74. The van der Waals surface area contributed by atoms with Gasteiger partial charge in [-0.25, -0.2) is 18.6 Å². The number of amides is 2. The van der Waals surface area contributed by atoms with Gasteiger partial charge in [-0.15, -0.1) is 0 Å². The predicted molar refractivity (Wildman–Crippen MR) is 158 cm³/mol. The zero-order valence-electron chi connectivity index (χ0n) is 23.2. The summed E-state index contributed by atoms with van der Waals surface area (Å²) in [5.41, 5.74) is 9.49. The van der Waals surface area contributed by atoms with Crippen LogP contribution in [-0.2, 0) is 11.2 Å². The van der Waals surface area contributed by atoms with Crippen LogP contribution in [0.5, 0.6) is 5.75 Å². The van der Waals surface area contributed by atoms with Crippen molar-refractivity contribution >= 4 is 39.8 Å². The van der Waals surface area contributed by atoms with Crippen LogP contribution in [0, 0.1) is 11.6 Å². The predicted octanol–water partition coefficient (Wildman–Crippen LogP) is 6.84. The van der Waals surface area contributed by atoms with Crippen LogP contribution in [-0.4, -0.2) is 37.2 Å². The molecule has 2 aromatic heterocycles. The van der Waals surface area contributed by atoms with Gasteiger partial charge in [-0.1, -0.05) is 24.3 Å². The van der Waals surface area contributed by atoms with E-state index < -0.39 is 17.8 Å². The Morgan fingerprint density at radius 3 is 2.52 bits per heavy atom. The molecule has 1 saturated heterocycles. The molecule has 0 unspecified atom stereocenters. The Labute approximate surface area is 248 Å². The van der Waals surface area contributed by atoms with E-state index in [-0.39, 0.29) is 47.9 Å². The number of primary amides is 1. The van der Waals surface area contributed by atoms with Crippen LogP contribution in [0.2, 0.25) is 0 Å². The number of carbonyl (C=O) groups is 2. The summed E-state index contributed by atoms with van der Waals surface area (Å²) in [4.78, 5) is 31.4. The first-order valence-corrected chi connectivity index (χ1v) is 13.6.